The average Bonchev–Trinajstić information content (AvgIpc) is 2.53. The molecule has 0 radical (unpaired) electrons. The summed E-state index contributed by atoms with van der Waals surface area (Å²) >= 11 is 0. The molecule has 0 heterocycles. The van der Waals surface area contributed by atoms with Gasteiger partial charge in [0.05, 0.1) is 0 Å². The first-order valence-corrected chi connectivity index (χ1v) is 6.87. The van der Waals surface area contributed by atoms with Gasteiger partial charge in [-0.3, -0.25) is 9.59 Å². The number of amides is 1. The summed E-state index contributed by atoms with van der Waals surface area (Å²) in [6, 6.07) is 14.2. The van der Waals surface area contributed by atoms with E-state index in [9.17, 15) is 9.59 Å². The van der Waals surface area contributed by atoms with Crippen LogP contribution in [-0.2, 0) is 0 Å². The maximum absolute atomic E-state index is 12.1. The molecule has 2 aromatic rings. The topological polar surface area (TPSA) is 63.4 Å². The van der Waals surface area contributed by atoms with E-state index in [-0.39, 0.29) is 5.78 Å². The van der Waals surface area contributed by atoms with Gasteiger partial charge in [-0.05, 0) is 48.0 Å². The van der Waals surface area contributed by atoms with E-state index >= 15 is 0 Å². The van der Waals surface area contributed by atoms with Crippen molar-refractivity contribution in [1.82, 2.24) is 0 Å². The predicted molar refractivity (Wildman–Crippen MR) is 89.1 cm³/mol. The molecule has 4 nitrogen and oxygen atoms in total. The standard InChI is InChI=1S/C18H18N2O2/c1-20(2)16-9-7-14(8-10-16)17(21)11-6-13-4-3-5-15(12-13)18(19)22/h3-12H,1-2H3,(H2,19,22). The maximum Gasteiger partial charge on any atom is 0.248 e. The van der Waals surface area contributed by atoms with E-state index in [0.29, 0.717) is 11.1 Å². The summed E-state index contributed by atoms with van der Waals surface area (Å²) in [5.41, 5.74) is 8.07. The van der Waals surface area contributed by atoms with Gasteiger partial charge in [0.1, 0.15) is 0 Å². The van der Waals surface area contributed by atoms with Crippen molar-refractivity contribution in [2.24, 2.45) is 5.73 Å². The number of hydrogen-bond acceptors (Lipinski definition) is 3. The van der Waals surface area contributed by atoms with E-state index in [2.05, 4.69) is 0 Å². The van der Waals surface area contributed by atoms with Crippen LogP contribution >= 0.6 is 0 Å². The van der Waals surface area contributed by atoms with Crippen LogP contribution < -0.4 is 10.6 Å². The summed E-state index contributed by atoms with van der Waals surface area (Å²) in [4.78, 5) is 25.2. The lowest BCUT2D eigenvalue weighted by molar-refractivity contribution is 0.0999. The van der Waals surface area contributed by atoms with Crippen molar-refractivity contribution >= 4 is 23.5 Å². The van der Waals surface area contributed by atoms with Crippen LogP contribution in [0.25, 0.3) is 6.08 Å². The van der Waals surface area contributed by atoms with E-state index in [0.717, 1.165) is 11.3 Å². The zero-order chi connectivity index (χ0) is 16.1. The Morgan fingerprint density at radius 1 is 1.00 bits per heavy atom. The number of carbonyl (C=O) groups is 2. The number of allylic oxidation sites excluding steroid dienone is 1. The number of nitrogens with zero attached hydrogens (tertiary/aromatic N) is 1. The van der Waals surface area contributed by atoms with Gasteiger partial charge >= 0.3 is 0 Å². The van der Waals surface area contributed by atoms with Crippen LogP contribution in [0.15, 0.2) is 54.6 Å². The second-order valence-electron chi connectivity index (χ2n) is 5.13. The van der Waals surface area contributed by atoms with Crippen molar-refractivity contribution in [3.05, 3.63) is 71.3 Å². The molecule has 0 aromatic heterocycles. The Morgan fingerprint density at radius 3 is 2.27 bits per heavy atom. The molecular formula is C18H18N2O2. The minimum Gasteiger partial charge on any atom is -0.378 e. The van der Waals surface area contributed by atoms with Gasteiger partial charge in [0.2, 0.25) is 5.91 Å². The molecule has 0 atom stereocenters. The Kier molecular flexibility index (Phi) is 4.73. The zero-order valence-corrected chi connectivity index (χ0v) is 12.6. The molecular weight excluding hydrogens is 276 g/mol. The third-order valence-corrected chi connectivity index (χ3v) is 3.27. The molecule has 0 saturated heterocycles. The summed E-state index contributed by atoms with van der Waals surface area (Å²) in [6.45, 7) is 0. The molecule has 0 spiro atoms. The van der Waals surface area contributed by atoms with E-state index in [1.807, 2.05) is 37.2 Å². The fraction of sp³-hybridized carbons (Fsp3) is 0.111. The van der Waals surface area contributed by atoms with Crippen molar-refractivity contribution < 1.29 is 9.59 Å². The van der Waals surface area contributed by atoms with Gasteiger partial charge in [0, 0.05) is 30.9 Å². The van der Waals surface area contributed by atoms with Crippen LogP contribution in [0.2, 0.25) is 0 Å². The molecule has 0 aliphatic heterocycles. The third-order valence-electron chi connectivity index (χ3n) is 3.27. The van der Waals surface area contributed by atoms with E-state index < -0.39 is 5.91 Å². The average molecular weight is 294 g/mol. The van der Waals surface area contributed by atoms with Gasteiger partial charge in [-0.1, -0.05) is 18.2 Å². The molecule has 112 valence electrons. The van der Waals surface area contributed by atoms with Crippen LogP contribution in [0.5, 0.6) is 0 Å². The van der Waals surface area contributed by atoms with Crippen LogP contribution in [-0.4, -0.2) is 25.8 Å². The van der Waals surface area contributed by atoms with Crippen molar-refractivity contribution in [3.8, 4) is 0 Å². The SMILES string of the molecule is CN(C)c1ccc(C(=O)C=Cc2cccc(C(N)=O)c2)cc1. The highest BCUT2D eigenvalue weighted by molar-refractivity contribution is 6.07. The van der Waals surface area contributed by atoms with Gasteiger partial charge in [-0.25, -0.2) is 0 Å². The molecule has 0 saturated carbocycles. The van der Waals surface area contributed by atoms with Crippen molar-refractivity contribution in [1.29, 1.82) is 0 Å². The quantitative estimate of drug-likeness (QED) is 0.681. The van der Waals surface area contributed by atoms with Crippen molar-refractivity contribution in [3.63, 3.8) is 0 Å². The zero-order valence-electron chi connectivity index (χ0n) is 12.6. The number of hydrogen-bond donors (Lipinski definition) is 1. The smallest absolute Gasteiger partial charge is 0.248 e. The maximum atomic E-state index is 12.1. The minimum absolute atomic E-state index is 0.0882. The molecule has 2 N–H and O–H groups in total. The van der Waals surface area contributed by atoms with Gasteiger partial charge < -0.3 is 10.6 Å². The molecule has 22 heavy (non-hydrogen) atoms. The number of benzene rings is 2. The largest absolute Gasteiger partial charge is 0.378 e. The van der Waals surface area contributed by atoms with Gasteiger partial charge in [-0.15, -0.1) is 0 Å². The lowest BCUT2D eigenvalue weighted by atomic mass is 10.1. The lowest BCUT2D eigenvalue weighted by Gasteiger charge is -2.11. The number of anilines is 1. The summed E-state index contributed by atoms with van der Waals surface area (Å²) in [5.74, 6) is -0.573. The first-order chi connectivity index (χ1) is 10.5. The molecule has 0 aliphatic carbocycles. The molecule has 1 amide bonds. The number of primary amides is 1. The highest BCUT2D eigenvalue weighted by Gasteiger charge is 2.03. The molecule has 4 heteroatoms. The Bertz CT molecular complexity index is 716. The van der Waals surface area contributed by atoms with Crippen molar-refractivity contribution in [2.45, 2.75) is 0 Å². The third kappa shape index (κ3) is 3.82. The van der Waals surface area contributed by atoms with E-state index in [1.165, 1.54) is 6.08 Å². The Labute approximate surface area is 129 Å². The van der Waals surface area contributed by atoms with Gasteiger partial charge in [0.15, 0.2) is 5.78 Å². The Hall–Kier alpha value is -2.88. The summed E-state index contributed by atoms with van der Waals surface area (Å²) in [6.07, 6.45) is 3.17. The summed E-state index contributed by atoms with van der Waals surface area (Å²) in [5, 5.41) is 0. The number of rotatable bonds is 5. The summed E-state index contributed by atoms with van der Waals surface area (Å²) in [7, 11) is 3.89. The molecule has 0 fully saturated rings. The molecule has 0 bridgehead atoms. The van der Waals surface area contributed by atoms with Crippen LogP contribution in [0, 0.1) is 0 Å². The first kappa shape index (κ1) is 15.5. The summed E-state index contributed by atoms with van der Waals surface area (Å²) < 4.78 is 0. The van der Waals surface area contributed by atoms with Crippen LogP contribution in [0.3, 0.4) is 0 Å². The molecule has 0 aliphatic rings. The normalized spacial score (nSPS) is 10.6. The predicted octanol–water partition coefficient (Wildman–Crippen LogP) is 2.75. The number of carbonyl (C=O) groups excluding carboxylic acids is 2. The molecule has 0 unspecified atom stereocenters. The van der Waals surface area contributed by atoms with Gasteiger partial charge in [0.25, 0.3) is 0 Å². The fourth-order valence-electron chi connectivity index (χ4n) is 1.99. The molecule has 2 aromatic carbocycles. The number of nitrogens with two attached hydrogens (primary N) is 1. The monoisotopic (exact) mass is 294 g/mol. The van der Waals surface area contributed by atoms with E-state index in [1.54, 1.807) is 36.4 Å². The Balaban J connectivity index is 2.14. The second-order valence-corrected chi connectivity index (χ2v) is 5.13. The minimum atomic E-state index is -0.485. The van der Waals surface area contributed by atoms with Crippen LogP contribution in [0.4, 0.5) is 5.69 Å². The lowest BCUT2D eigenvalue weighted by Crippen LogP contribution is -2.10. The molecule has 2 rings (SSSR count). The highest BCUT2D eigenvalue weighted by atomic mass is 16.1. The van der Waals surface area contributed by atoms with Gasteiger partial charge in [-0.2, -0.15) is 0 Å². The fourth-order valence-corrected chi connectivity index (χ4v) is 1.99. The van der Waals surface area contributed by atoms with Crippen molar-refractivity contribution in [2.75, 3.05) is 19.0 Å². The highest BCUT2D eigenvalue weighted by Crippen LogP contribution is 2.14. The second kappa shape index (κ2) is 6.72. The first-order valence-electron chi connectivity index (χ1n) is 6.87. The van der Waals surface area contributed by atoms with E-state index in [4.69, 9.17) is 5.73 Å². The Morgan fingerprint density at radius 2 is 1.68 bits per heavy atom. The number of ketones is 1. The van der Waals surface area contributed by atoms with Crippen LogP contribution in [0.1, 0.15) is 26.3 Å².